The van der Waals surface area contributed by atoms with Crippen LogP contribution in [-0.2, 0) is 14.3 Å². The van der Waals surface area contributed by atoms with Crippen molar-refractivity contribution in [3.63, 3.8) is 0 Å². The first kappa shape index (κ1) is 13.3. The Bertz CT molecular complexity index is 618. The summed E-state index contributed by atoms with van der Waals surface area (Å²) in [6.07, 6.45) is -5.53. The maximum absolute atomic E-state index is 13.8. The van der Waals surface area contributed by atoms with Crippen molar-refractivity contribution in [3.8, 4) is 0 Å². The van der Waals surface area contributed by atoms with Crippen molar-refractivity contribution >= 4 is 5.97 Å². The number of carbonyl (C=O) groups excluding carboxylic acids is 1. The molecule has 2 unspecified atom stereocenters. The minimum Gasteiger partial charge on any atom is -0.457 e. The summed E-state index contributed by atoms with van der Waals surface area (Å²) in [5, 5.41) is 9.84. The molecule has 4 nitrogen and oxygen atoms in total. The third kappa shape index (κ3) is 1.52. The number of halogens is 4. The Morgan fingerprint density at radius 1 is 1.05 bits per heavy atom. The molecule has 0 aliphatic carbocycles. The molecular formula is C12H8F4O4. The van der Waals surface area contributed by atoms with E-state index in [1.54, 1.807) is 0 Å². The van der Waals surface area contributed by atoms with Gasteiger partial charge in [-0.3, -0.25) is 4.79 Å². The zero-order chi connectivity index (χ0) is 14.8. The van der Waals surface area contributed by atoms with Crippen molar-refractivity contribution in [2.75, 3.05) is 0 Å². The Balaban J connectivity index is 2.16. The highest BCUT2D eigenvalue weighted by molar-refractivity contribution is 5.66. The van der Waals surface area contributed by atoms with Gasteiger partial charge in [0.25, 0.3) is 0 Å². The van der Waals surface area contributed by atoms with E-state index in [1.807, 2.05) is 0 Å². The van der Waals surface area contributed by atoms with Gasteiger partial charge in [0.2, 0.25) is 0 Å². The van der Waals surface area contributed by atoms with Gasteiger partial charge < -0.3 is 14.6 Å². The first-order valence-electron chi connectivity index (χ1n) is 5.71. The van der Waals surface area contributed by atoms with Crippen LogP contribution in [-0.4, -0.2) is 23.3 Å². The topological polar surface area (TPSA) is 55.8 Å². The average Bonchev–Trinajstić information content (AvgIpc) is 2.91. The molecule has 1 fully saturated rings. The monoisotopic (exact) mass is 292 g/mol. The van der Waals surface area contributed by atoms with Gasteiger partial charge >= 0.3 is 5.97 Å². The highest BCUT2D eigenvalue weighted by Crippen LogP contribution is 2.54. The van der Waals surface area contributed by atoms with Crippen LogP contribution in [0.5, 0.6) is 0 Å². The lowest BCUT2D eigenvalue weighted by Gasteiger charge is -2.26. The molecule has 2 aliphatic rings. The van der Waals surface area contributed by atoms with Crippen molar-refractivity contribution in [1.82, 2.24) is 0 Å². The van der Waals surface area contributed by atoms with Crippen LogP contribution in [0.4, 0.5) is 17.6 Å². The number of rotatable bonds is 1. The fourth-order valence-electron chi connectivity index (χ4n) is 2.68. The largest absolute Gasteiger partial charge is 0.457 e. The predicted molar refractivity (Wildman–Crippen MR) is 54.4 cm³/mol. The van der Waals surface area contributed by atoms with E-state index in [2.05, 4.69) is 0 Å². The highest BCUT2D eigenvalue weighted by Gasteiger charge is 2.57. The summed E-state index contributed by atoms with van der Waals surface area (Å²) in [4.78, 5) is 10.9. The van der Waals surface area contributed by atoms with Gasteiger partial charge in [0.1, 0.15) is 18.3 Å². The maximum Gasteiger partial charge on any atom is 0.303 e. The summed E-state index contributed by atoms with van der Waals surface area (Å²) >= 11 is 0. The standard InChI is InChI=1S/C12H8F4O4/c1-2(17)19-12-9(18)10-3-4(11(12)20-10)6(14)8(16)7(15)5(3)13/h9-12,18H,1H3/t9-,10+,11?,12?/m1/s1. The van der Waals surface area contributed by atoms with E-state index in [0.717, 1.165) is 6.92 Å². The van der Waals surface area contributed by atoms with E-state index in [1.165, 1.54) is 0 Å². The molecule has 0 radical (unpaired) electrons. The molecule has 1 aromatic carbocycles. The van der Waals surface area contributed by atoms with E-state index in [9.17, 15) is 27.5 Å². The van der Waals surface area contributed by atoms with Gasteiger partial charge in [0.05, 0.1) is 0 Å². The van der Waals surface area contributed by atoms with Gasteiger partial charge in [0.15, 0.2) is 29.4 Å². The normalized spacial score (nSPS) is 30.5. The van der Waals surface area contributed by atoms with E-state index in [-0.39, 0.29) is 0 Å². The Labute approximate surface area is 109 Å². The van der Waals surface area contributed by atoms with Crippen molar-refractivity contribution in [3.05, 3.63) is 34.4 Å². The third-order valence-electron chi connectivity index (χ3n) is 3.45. The number of aliphatic hydroxyl groups excluding tert-OH is 1. The quantitative estimate of drug-likeness (QED) is 0.370. The van der Waals surface area contributed by atoms with Crippen LogP contribution >= 0.6 is 0 Å². The lowest BCUT2D eigenvalue weighted by molar-refractivity contribution is -0.153. The summed E-state index contributed by atoms with van der Waals surface area (Å²) in [6.45, 7) is 1.06. The lowest BCUT2D eigenvalue weighted by atomic mass is 9.86. The number of hydrogen-bond acceptors (Lipinski definition) is 4. The van der Waals surface area contributed by atoms with E-state index in [4.69, 9.17) is 9.47 Å². The summed E-state index contributed by atoms with van der Waals surface area (Å²) in [5.41, 5.74) is -1.12. The van der Waals surface area contributed by atoms with E-state index >= 15 is 0 Å². The first-order valence-corrected chi connectivity index (χ1v) is 5.71. The summed E-state index contributed by atoms with van der Waals surface area (Å²) in [7, 11) is 0. The van der Waals surface area contributed by atoms with Crippen molar-refractivity contribution in [2.45, 2.75) is 31.3 Å². The second kappa shape index (κ2) is 4.16. The fourth-order valence-corrected chi connectivity index (χ4v) is 2.68. The second-order valence-electron chi connectivity index (χ2n) is 4.63. The van der Waals surface area contributed by atoms with Crippen LogP contribution in [0.2, 0.25) is 0 Å². The van der Waals surface area contributed by atoms with Gasteiger partial charge in [-0.15, -0.1) is 0 Å². The zero-order valence-corrected chi connectivity index (χ0v) is 9.99. The van der Waals surface area contributed by atoms with Crippen molar-refractivity contribution < 1.29 is 36.9 Å². The molecule has 108 valence electrons. The van der Waals surface area contributed by atoms with Gasteiger partial charge in [-0.05, 0) is 0 Å². The van der Waals surface area contributed by atoms with Crippen LogP contribution in [0.25, 0.3) is 0 Å². The van der Waals surface area contributed by atoms with Gasteiger partial charge in [-0.2, -0.15) is 0 Å². The molecule has 1 aromatic rings. The smallest absolute Gasteiger partial charge is 0.303 e. The Kier molecular flexibility index (Phi) is 2.77. The maximum atomic E-state index is 13.8. The molecule has 2 bridgehead atoms. The molecule has 3 rings (SSSR count). The first-order chi connectivity index (χ1) is 9.34. The Hall–Kier alpha value is -1.67. The molecular weight excluding hydrogens is 284 g/mol. The predicted octanol–water partition coefficient (Wildman–Crippen LogP) is 1.66. The molecule has 2 heterocycles. The molecule has 0 amide bonds. The summed E-state index contributed by atoms with van der Waals surface area (Å²) in [6, 6.07) is 0. The molecule has 1 N–H and O–H groups in total. The van der Waals surface area contributed by atoms with E-state index in [0.29, 0.717) is 0 Å². The fraction of sp³-hybridized carbons (Fsp3) is 0.417. The van der Waals surface area contributed by atoms with Crippen molar-refractivity contribution in [1.29, 1.82) is 0 Å². The lowest BCUT2D eigenvalue weighted by Crippen LogP contribution is -2.36. The number of benzene rings is 1. The molecule has 0 saturated carbocycles. The molecule has 2 aliphatic heterocycles. The van der Waals surface area contributed by atoms with Crippen LogP contribution < -0.4 is 0 Å². The highest BCUT2D eigenvalue weighted by atomic mass is 19.2. The van der Waals surface area contributed by atoms with E-state index < -0.39 is 64.8 Å². The van der Waals surface area contributed by atoms with Gasteiger partial charge in [0, 0.05) is 18.1 Å². The molecule has 1 saturated heterocycles. The van der Waals surface area contributed by atoms with Gasteiger partial charge in [-0.25, -0.2) is 17.6 Å². The third-order valence-corrected chi connectivity index (χ3v) is 3.45. The molecule has 8 heteroatoms. The van der Waals surface area contributed by atoms with Crippen LogP contribution in [0.15, 0.2) is 0 Å². The minimum atomic E-state index is -1.96. The molecule has 20 heavy (non-hydrogen) atoms. The average molecular weight is 292 g/mol. The van der Waals surface area contributed by atoms with Crippen molar-refractivity contribution in [2.24, 2.45) is 0 Å². The molecule has 4 atom stereocenters. The summed E-state index contributed by atoms with van der Waals surface area (Å²) < 4.78 is 63.7. The zero-order valence-electron chi connectivity index (χ0n) is 9.99. The number of ether oxygens (including phenoxy) is 2. The number of carbonyl (C=O) groups is 1. The molecule has 0 aromatic heterocycles. The number of hydrogen-bond donors (Lipinski definition) is 1. The van der Waals surface area contributed by atoms with Gasteiger partial charge in [-0.1, -0.05) is 0 Å². The Morgan fingerprint density at radius 3 is 2.05 bits per heavy atom. The SMILES string of the molecule is CC(=O)OC1C2O[C@@H](c3c(F)c(F)c(F)c(F)c32)[C@H]1O. The number of esters is 1. The minimum absolute atomic E-state index is 0.553. The van der Waals surface area contributed by atoms with Crippen LogP contribution in [0, 0.1) is 23.3 Å². The number of fused-ring (bicyclic) bond motifs is 5. The van der Waals surface area contributed by atoms with Crippen LogP contribution in [0.3, 0.4) is 0 Å². The number of aliphatic hydroxyl groups is 1. The Morgan fingerprint density at radius 2 is 1.55 bits per heavy atom. The summed E-state index contributed by atoms with van der Waals surface area (Å²) in [5.74, 6) is -7.90. The second-order valence-corrected chi connectivity index (χ2v) is 4.63. The van der Waals surface area contributed by atoms with Crippen LogP contribution in [0.1, 0.15) is 30.3 Å². The molecule has 0 spiro atoms.